The molecule has 1 aromatic rings. The van der Waals surface area contributed by atoms with E-state index in [9.17, 15) is 0 Å². The maximum atomic E-state index is 4.41. The van der Waals surface area contributed by atoms with Crippen LogP contribution in [0.1, 0.15) is 19.2 Å². The van der Waals surface area contributed by atoms with Gasteiger partial charge in [-0.15, -0.1) is 0 Å². The summed E-state index contributed by atoms with van der Waals surface area (Å²) in [4.78, 5) is 6.96. The Morgan fingerprint density at radius 3 is 3.25 bits per heavy atom. The predicted molar refractivity (Wildman–Crippen MR) is 63.1 cm³/mol. The van der Waals surface area contributed by atoms with Crippen molar-refractivity contribution in [1.29, 1.82) is 0 Å². The zero-order valence-electron chi connectivity index (χ0n) is 9.95. The molecule has 1 aromatic heterocycles. The Hall–Kier alpha value is -0.870. The number of nitrogens with one attached hydrogen (secondary N) is 1. The van der Waals surface area contributed by atoms with Crippen molar-refractivity contribution in [2.75, 3.05) is 26.2 Å². The Labute approximate surface area is 96.7 Å². The molecule has 0 amide bonds. The molecule has 0 spiro atoms. The number of aromatic nitrogens is 2. The Bertz CT molecular complexity index is 365. The lowest BCUT2D eigenvalue weighted by molar-refractivity contribution is 0.144. The van der Waals surface area contributed by atoms with Crippen LogP contribution in [0, 0.1) is 5.41 Å². The second-order valence-corrected chi connectivity index (χ2v) is 5.48. The maximum absolute atomic E-state index is 4.41. The number of imidazole rings is 1. The van der Waals surface area contributed by atoms with Crippen LogP contribution in [0.15, 0.2) is 12.4 Å². The van der Waals surface area contributed by atoms with E-state index in [-0.39, 0.29) is 0 Å². The molecule has 88 valence electrons. The van der Waals surface area contributed by atoms with Gasteiger partial charge in [-0.05, 0) is 18.4 Å². The van der Waals surface area contributed by atoms with Gasteiger partial charge in [0.05, 0.1) is 6.54 Å². The molecule has 0 aliphatic carbocycles. The van der Waals surface area contributed by atoms with Crippen LogP contribution in [0.5, 0.6) is 0 Å². The summed E-state index contributed by atoms with van der Waals surface area (Å²) in [6.07, 6.45) is 5.31. The average Bonchev–Trinajstić information content (AvgIpc) is 2.86. The summed E-state index contributed by atoms with van der Waals surface area (Å²) in [5.41, 5.74) is 0.467. The molecule has 0 radical (unpaired) electrons. The number of nitrogens with zero attached hydrogens (tertiary/aromatic N) is 3. The van der Waals surface area contributed by atoms with Crippen LogP contribution in [0.3, 0.4) is 0 Å². The minimum Gasteiger partial charge on any atom is -0.333 e. The van der Waals surface area contributed by atoms with Crippen LogP contribution >= 0.6 is 0 Å². The van der Waals surface area contributed by atoms with Crippen molar-refractivity contribution in [3.05, 3.63) is 18.2 Å². The molecule has 2 aliphatic heterocycles. The molecule has 1 unspecified atom stereocenters. The van der Waals surface area contributed by atoms with E-state index in [1.54, 1.807) is 0 Å². The minimum atomic E-state index is 0.467. The summed E-state index contributed by atoms with van der Waals surface area (Å²) in [6.45, 7) is 9.22. The van der Waals surface area contributed by atoms with Gasteiger partial charge in [0.2, 0.25) is 0 Å². The van der Waals surface area contributed by atoms with Gasteiger partial charge >= 0.3 is 0 Å². The van der Waals surface area contributed by atoms with E-state index in [4.69, 9.17) is 0 Å². The lowest BCUT2D eigenvalue weighted by atomic mass is 9.89. The van der Waals surface area contributed by atoms with E-state index < -0.39 is 0 Å². The third-order valence-corrected chi connectivity index (χ3v) is 3.89. The van der Waals surface area contributed by atoms with E-state index in [0.29, 0.717) is 5.41 Å². The second-order valence-electron chi connectivity index (χ2n) is 5.48. The third kappa shape index (κ3) is 1.87. The molecule has 1 fully saturated rings. The van der Waals surface area contributed by atoms with Crippen LogP contribution in [-0.4, -0.2) is 40.6 Å². The van der Waals surface area contributed by atoms with Gasteiger partial charge in [0.1, 0.15) is 5.82 Å². The van der Waals surface area contributed by atoms with Crippen LogP contribution in [-0.2, 0) is 13.1 Å². The van der Waals surface area contributed by atoms with Gasteiger partial charge in [0, 0.05) is 38.6 Å². The lowest BCUT2D eigenvalue weighted by Gasteiger charge is -2.34. The Morgan fingerprint density at radius 2 is 2.44 bits per heavy atom. The summed E-state index contributed by atoms with van der Waals surface area (Å²) in [5, 5.41) is 3.47. The Kier molecular flexibility index (Phi) is 2.48. The minimum absolute atomic E-state index is 0.467. The summed E-state index contributed by atoms with van der Waals surface area (Å²) in [5.74, 6) is 1.22. The van der Waals surface area contributed by atoms with Gasteiger partial charge in [-0.1, -0.05) is 6.92 Å². The molecule has 4 nitrogen and oxygen atoms in total. The van der Waals surface area contributed by atoms with E-state index in [0.717, 1.165) is 19.6 Å². The van der Waals surface area contributed by atoms with E-state index in [1.807, 2.05) is 6.20 Å². The third-order valence-electron chi connectivity index (χ3n) is 3.89. The first kappa shape index (κ1) is 10.3. The van der Waals surface area contributed by atoms with Crippen molar-refractivity contribution in [3.8, 4) is 0 Å². The molecule has 3 heterocycles. The van der Waals surface area contributed by atoms with Crippen LogP contribution in [0.2, 0.25) is 0 Å². The molecule has 1 saturated heterocycles. The van der Waals surface area contributed by atoms with Crippen LogP contribution < -0.4 is 5.32 Å². The largest absolute Gasteiger partial charge is 0.333 e. The monoisotopic (exact) mass is 220 g/mol. The highest BCUT2D eigenvalue weighted by atomic mass is 15.2. The van der Waals surface area contributed by atoms with Gasteiger partial charge in [-0.25, -0.2) is 4.98 Å². The van der Waals surface area contributed by atoms with E-state index in [2.05, 4.69) is 32.9 Å². The normalized spacial score (nSPS) is 30.6. The summed E-state index contributed by atoms with van der Waals surface area (Å²) in [6, 6.07) is 0. The lowest BCUT2D eigenvalue weighted by Crippen LogP contribution is -2.41. The molecule has 16 heavy (non-hydrogen) atoms. The molecule has 2 aliphatic rings. The SMILES string of the molecule is CC1(CN2CCn3ccnc3C2)CCNC1. The first-order valence-corrected chi connectivity index (χ1v) is 6.18. The molecule has 4 heteroatoms. The molecular formula is C12H20N4. The van der Waals surface area contributed by atoms with Gasteiger partial charge in [-0.3, -0.25) is 4.90 Å². The first-order valence-electron chi connectivity index (χ1n) is 6.18. The van der Waals surface area contributed by atoms with Crippen molar-refractivity contribution >= 4 is 0 Å². The molecule has 0 bridgehead atoms. The molecule has 3 rings (SSSR count). The number of fused-ring (bicyclic) bond motifs is 1. The second kappa shape index (κ2) is 3.86. The standard InChI is InChI=1S/C12H20N4/c1-12(2-3-13-9-12)10-15-6-7-16-5-4-14-11(16)8-15/h4-5,13H,2-3,6-10H2,1H3. The van der Waals surface area contributed by atoms with Crippen molar-refractivity contribution in [3.63, 3.8) is 0 Å². The fourth-order valence-electron chi connectivity index (χ4n) is 2.90. The average molecular weight is 220 g/mol. The van der Waals surface area contributed by atoms with E-state index in [1.165, 1.54) is 31.9 Å². The quantitative estimate of drug-likeness (QED) is 0.796. The molecule has 0 aromatic carbocycles. The zero-order valence-corrected chi connectivity index (χ0v) is 9.95. The smallest absolute Gasteiger partial charge is 0.122 e. The van der Waals surface area contributed by atoms with Crippen LogP contribution in [0.4, 0.5) is 0 Å². The highest BCUT2D eigenvalue weighted by Gasteiger charge is 2.31. The van der Waals surface area contributed by atoms with Gasteiger partial charge in [0.15, 0.2) is 0 Å². The maximum Gasteiger partial charge on any atom is 0.122 e. The van der Waals surface area contributed by atoms with Crippen molar-refractivity contribution < 1.29 is 0 Å². The van der Waals surface area contributed by atoms with E-state index >= 15 is 0 Å². The fourth-order valence-corrected chi connectivity index (χ4v) is 2.90. The Morgan fingerprint density at radius 1 is 1.50 bits per heavy atom. The number of hydrogen-bond acceptors (Lipinski definition) is 3. The summed E-state index contributed by atoms with van der Waals surface area (Å²) in [7, 11) is 0. The van der Waals surface area contributed by atoms with Gasteiger partial charge in [-0.2, -0.15) is 0 Å². The first-order chi connectivity index (χ1) is 7.75. The summed E-state index contributed by atoms with van der Waals surface area (Å²) < 4.78 is 2.27. The molecule has 0 saturated carbocycles. The number of rotatable bonds is 2. The predicted octanol–water partition coefficient (Wildman–Crippen LogP) is 0.698. The number of hydrogen-bond donors (Lipinski definition) is 1. The molecular weight excluding hydrogens is 200 g/mol. The van der Waals surface area contributed by atoms with Crippen molar-refractivity contribution in [2.45, 2.75) is 26.4 Å². The zero-order chi connectivity index (χ0) is 11.0. The fraction of sp³-hybridized carbons (Fsp3) is 0.750. The van der Waals surface area contributed by atoms with Crippen LogP contribution in [0.25, 0.3) is 0 Å². The van der Waals surface area contributed by atoms with Crippen molar-refractivity contribution in [2.24, 2.45) is 5.41 Å². The Balaban J connectivity index is 1.65. The molecule has 1 N–H and O–H groups in total. The van der Waals surface area contributed by atoms with Gasteiger partial charge in [0.25, 0.3) is 0 Å². The summed E-state index contributed by atoms with van der Waals surface area (Å²) >= 11 is 0. The van der Waals surface area contributed by atoms with Crippen molar-refractivity contribution in [1.82, 2.24) is 19.8 Å². The molecule has 1 atom stereocenters. The topological polar surface area (TPSA) is 33.1 Å². The highest BCUT2D eigenvalue weighted by molar-refractivity contribution is 4.97. The highest BCUT2D eigenvalue weighted by Crippen LogP contribution is 2.27. The van der Waals surface area contributed by atoms with Gasteiger partial charge < -0.3 is 9.88 Å².